The van der Waals surface area contributed by atoms with Gasteiger partial charge < -0.3 is 0 Å². The maximum Gasteiger partial charge on any atom is 0.197 e. The van der Waals surface area contributed by atoms with E-state index in [4.69, 9.17) is 16.7 Å². The highest BCUT2D eigenvalue weighted by Gasteiger charge is 1.87. The Bertz CT molecular complexity index is 133. The molecule has 0 aromatic rings. The highest BCUT2D eigenvalue weighted by molar-refractivity contribution is 14.1. The molecule has 0 atom stereocenters. The predicted molar refractivity (Wildman–Crippen MR) is 41.8 cm³/mol. The topological polar surface area (TPSA) is 79.1 Å². The number of nitrogens with zero attached hydrogens (tertiary/aromatic N) is 2. The van der Waals surface area contributed by atoms with Crippen LogP contribution in [0.25, 0.3) is 0 Å². The van der Waals surface area contributed by atoms with Crippen LogP contribution in [0.3, 0.4) is 0 Å². The van der Waals surface area contributed by atoms with Crippen molar-refractivity contribution in [2.45, 2.75) is 0 Å². The molecule has 6 heteroatoms. The molecule has 0 aromatic heterocycles. The van der Waals surface area contributed by atoms with Crippen LogP contribution in [-0.2, 0) is 0 Å². The van der Waals surface area contributed by atoms with Crippen molar-refractivity contribution in [2.24, 2.45) is 11.5 Å². The minimum absolute atomic E-state index is 0.223. The van der Waals surface area contributed by atoms with Gasteiger partial charge in [-0.05, 0) is 0 Å². The number of hydrogen-bond donors (Lipinski definition) is 2. The highest BCUT2D eigenvalue weighted by atomic mass is 127. The molecule has 0 aliphatic heterocycles. The zero-order valence-electron chi connectivity index (χ0n) is 3.87. The molecule has 0 aromatic carbocycles. The Morgan fingerprint density at radius 1 is 1.75 bits per heavy atom. The molecule has 44 valence electrons. The van der Waals surface area contributed by atoms with Gasteiger partial charge in [-0.25, -0.2) is 0 Å². The minimum Gasteiger partial charge on any atom is -0.288 e. The molecule has 0 aliphatic carbocycles. The van der Waals surface area contributed by atoms with Crippen molar-refractivity contribution in [3.8, 4) is 6.19 Å². The zero-order chi connectivity index (χ0) is 6.57. The van der Waals surface area contributed by atoms with E-state index in [9.17, 15) is 0 Å². The van der Waals surface area contributed by atoms with Crippen molar-refractivity contribution in [3.05, 3.63) is 0 Å². The number of halogens is 1. The third-order valence-electron chi connectivity index (χ3n) is 0.286. The van der Waals surface area contributed by atoms with Gasteiger partial charge >= 0.3 is 0 Å². The summed E-state index contributed by atoms with van der Waals surface area (Å²) in [6.45, 7) is 0. The smallest absolute Gasteiger partial charge is 0.197 e. The van der Waals surface area contributed by atoms with Crippen LogP contribution in [0.5, 0.6) is 0 Å². The van der Waals surface area contributed by atoms with Gasteiger partial charge in [-0.3, -0.25) is 11.5 Å². The van der Waals surface area contributed by atoms with E-state index in [1.54, 1.807) is 22.9 Å². The van der Waals surface area contributed by atoms with Crippen molar-refractivity contribution >= 4 is 36.8 Å². The van der Waals surface area contributed by atoms with Gasteiger partial charge in [0.25, 0.3) is 0 Å². The molecule has 0 rings (SSSR count). The molecule has 4 N–H and O–H groups in total. The first kappa shape index (κ1) is 8.11. The fraction of sp³-hybridized carbons (Fsp3) is 0. The SMILES string of the molecule is N#CN(I)P=C(N)N. The van der Waals surface area contributed by atoms with E-state index >= 15 is 0 Å². The lowest BCUT2D eigenvalue weighted by Crippen LogP contribution is -2.20. The fourth-order valence-electron chi connectivity index (χ4n) is 0.124. The largest absolute Gasteiger partial charge is 0.288 e. The Balaban J connectivity index is 3.74. The van der Waals surface area contributed by atoms with Crippen LogP contribution in [-0.4, -0.2) is 8.43 Å². The summed E-state index contributed by atoms with van der Waals surface area (Å²) in [7, 11) is 0.540. The third-order valence-corrected chi connectivity index (χ3v) is 1.64. The summed E-state index contributed by atoms with van der Waals surface area (Å²) in [5.74, 6) is 0. The molecule has 0 saturated heterocycles. The van der Waals surface area contributed by atoms with E-state index < -0.39 is 0 Å². The molecule has 0 fully saturated rings. The van der Waals surface area contributed by atoms with Gasteiger partial charge in [0.15, 0.2) is 6.19 Å². The predicted octanol–water partition coefficient (Wildman–Crippen LogP) is -0.0145. The highest BCUT2D eigenvalue weighted by Crippen LogP contribution is 2.09. The van der Waals surface area contributed by atoms with E-state index in [0.717, 1.165) is 0 Å². The number of hydrogen-bond acceptors (Lipinski definition) is 2. The van der Waals surface area contributed by atoms with Crippen molar-refractivity contribution in [2.75, 3.05) is 0 Å². The van der Waals surface area contributed by atoms with Crippen LogP contribution in [0.2, 0.25) is 0 Å². The van der Waals surface area contributed by atoms with Crippen molar-refractivity contribution in [3.63, 3.8) is 0 Å². The Hall–Kier alpha value is 0.110. The molecular formula is C2H4IN4P. The lowest BCUT2D eigenvalue weighted by atomic mass is 11.3. The first-order valence-electron chi connectivity index (χ1n) is 1.62. The normalized spacial score (nSPS) is 8.25. The summed E-state index contributed by atoms with van der Waals surface area (Å²) in [5.41, 5.74) is 10.3. The van der Waals surface area contributed by atoms with E-state index in [0.29, 0.717) is 8.35 Å². The van der Waals surface area contributed by atoms with Gasteiger partial charge in [0, 0.05) is 0 Å². The van der Waals surface area contributed by atoms with Gasteiger partial charge in [0.1, 0.15) is 0 Å². The molecule has 8 heavy (non-hydrogen) atoms. The second-order valence-corrected chi connectivity index (χ2v) is 3.73. The van der Waals surface area contributed by atoms with Crippen molar-refractivity contribution in [1.29, 1.82) is 5.26 Å². The van der Waals surface area contributed by atoms with Gasteiger partial charge in [-0.1, -0.05) is 0 Å². The van der Waals surface area contributed by atoms with E-state index in [-0.39, 0.29) is 5.54 Å². The van der Waals surface area contributed by atoms with Gasteiger partial charge in [-0.2, -0.15) is 8.15 Å². The molecule has 0 radical (unpaired) electrons. The zero-order valence-corrected chi connectivity index (χ0v) is 6.93. The first-order chi connectivity index (χ1) is 3.66. The van der Waals surface area contributed by atoms with Crippen LogP contribution in [0.4, 0.5) is 0 Å². The number of rotatable bonds is 1. The summed E-state index contributed by atoms with van der Waals surface area (Å²) in [6, 6.07) is 0. The van der Waals surface area contributed by atoms with E-state index in [1.807, 2.05) is 6.19 Å². The third kappa shape index (κ3) is 4.27. The molecule has 0 bridgehead atoms. The van der Waals surface area contributed by atoms with Crippen molar-refractivity contribution < 1.29 is 0 Å². The van der Waals surface area contributed by atoms with Crippen LogP contribution < -0.4 is 11.5 Å². The molecule has 0 amide bonds. The number of nitriles is 1. The quantitative estimate of drug-likeness (QED) is 0.223. The van der Waals surface area contributed by atoms with Crippen LogP contribution >= 0.6 is 31.2 Å². The lowest BCUT2D eigenvalue weighted by Gasteiger charge is -1.93. The van der Waals surface area contributed by atoms with Crippen molar-refractivity contribution in [1.82, 2.24) is 2.88 Å². The molecular weight excluding hydrogens is 238 g/mol. The van der Waals surface area contributed by atoms with E-state index in [2.05, 4.69) is 0 Å². The molecule has 0 unspecified atom stereocenters. The van der Waals surface area contributed by atoms with Crippen LogP contribution in [0.1, 0.15) is 0 Å². The van der Waals surface area contributed by atoms with Crippen LogP contribution in [0, 0.1) is 11.5 Å². The molecule has 0 aliphatic rings. The average molecular weight is 242 g/mol. The molecule has 0 saturated carbocycles. The summed E-state index contributed by atoms with van der Waals surface area (Å²) in [5, 5.41) is 8.12. The Kier molecular flexibility index (Phi) is 4.09. The Morgan fingerprint density at radius 3 is 2.38 bits per heavy atom. The summed E-state index contributed by atoms with van der Waals surface area (Å²) >= 11 is 1.80. The first-order valence-corrected chi connectivity index (χ1v) is 3.43. The average Bonchev–Trinajstić information content (AvgIpc) is 1.65. The maximum atomic E-state index is 8.12. The summed E-state index contributed by atoms with van der Waals surface area (Å²) in [6.07, 6.45) is 1.82. The lowest BCUT2D eigenvalue weighted by molar-refractivity contribution is 1.13. The Labute approximate surface area is 62.8 Å². The second kappa shape index (κ2) is 4.04. The van der Waals surface area contributed by atoms with Gasteiger partial charge in [-0.15, -0.1) is 0 Å². The molecule has 0 heterocycles. The van der Waals surface area contributed by atoms with Gasteiger partial charge in [0.05, 0.1) is 36.8 Å². The van der Waals surface area contributed by atoms with Crippen LogP contribution in [0.15, 0.2) is 0 Å². The monoisotopic (exact) mass is 242 g/mol. The second-order valence-electron chi connectivity index (χ2n) is 0.885. The number of nitrogens with two attached hydrogens (primary N) is 2. The molecule has 0 spiro atoms. The summed E-state index contributed by atoms with van der Waals surface area (Å²) in [4.78, 5) is 0. The summed E-state index contributed by atoms with van der Waals surface area (Å²) < 4.78 is 1.28. The Morgan fingerprint density at radius 2 is 2.25 bits per heavy atom. The molecule has 4 nitrogen and oxygen atoms in total. The fourth-order valence-corrected chi connectivity index (χ4v) is 1.12. The standard InChI is InChI=1S/C2H4IN4P/c3-7(1-4)8-2(5)6/h5-6H2. The minimum atomic E-state index is 0.223. The maximum absolute atomic E-state index is 8.12. The van der Waals surface area contributed by atoms with E-state index in [1.165, 1.54) is 2.88 Å². The van der Waals surface area contributed by atoms with Gasteiger partial charge in [0.2, 0.25) is 0 Å².